The highest BCUT2D eigenvalue weighted by atomic mass is 16.5. The molecule has 0 aliphatic rings. The summed E-state index contributed by atoms with van der Waals surface area (Å²) in [7, 11) is 1.38. The molecule has 0 aliphatic carbocycles. The van der Waals surface area contributed by atoms with Gasteiger partial charge in [-0.05, 0) is 25.1 Å². The Labute approximate surface area is 111 Å². The van der Waals surface area contributed by atoms with E-state index in [1.165, 1.54) is 7.11 Å². The predicted molar refractivity (Wildman–Crippen MR) is 70.3 cm³/mol. The Morgan fingerprint density at radius 2 is 2.21 bits per heavy atom. The number of rotatable bonds is 4. The molecule has 0 aliphatic heterocycles. The van der Waals surface area contributed by atoms with Crippen LogP contribution in [0.5, 0.6) is 0 Å². The Morgan fingerprint density at radius 1 is 1.37 bits per heavy atom. The molecular formula is C14H15N3O2. The molecule has 2 rings (SSSR count). The lowest BCUT2D eigenvalue weighted by atomic mass is 10.2. The first-order valence-corrected chi connectivity index (χ1v) is 6.01. The number of carbonyl (C=O) groups is 1. The van der Waals surface area contributed by atoms with E-state index in [1.807, 2.05) is 25.1 Å². The van der Waals surface area contributed by atoms with E-state index in [4.69, 9.17) is 0 Å². The smallest absolute Gasteiger partial charge is 0.305 e. The van der Waals surface area contributed by atoms with E-state index < -0.39 is 0 Å². The molecule has 0 amide bonds. The maximum absolute atomic E-state index is 11.1. The van der Waals surface area contributed by atoms with Gasteiger partial charge in [-0.2, -0.15) is 0 Å². The first-order valence-electron chi connectivity index (χ1n) is 6.01. The topological polar surface area (TPSA) is 65.0 Å². The summed E-state index contributed by atoms with van der Waals surface area (Å²) in [6.07, 6.45) is 4.23. The monoisotopic (exact) mass is 257 g/mol. The number of aryl methyl sites for hydroxylation is 2. The Kier molecular flexibility index (Phi) is 4.18. The molecule has 2 aromatic rings. The summed E-state index contributed by atoms with van der Waals surface area (Å²) < 4.78 is 4.61. The Bertz CT molecular complexity index is 570. The molecule has 0 saturated carbocycles. The Hall–Kier alpha value is -2.30. The molecule has 2 aromatic heterocycles. The van der Waals surface area contributed by atoms with Gasteiger partial charge < -0.3 is 4.74 Å². The molecule has 0 saturated heterocycles. The van der Waals surface area contributed by atoms with E-state index in [-0.39, 0.29) is 12.4 Å². The molecule has 2 heterocycles. The van der Waals surface area contributed by atoms with Crippen molar-refractivity contribution in [3.05, 3.63) is 42.1 Å². The van der Waals surface area contributed by atoms with E-state index in [0.717, 1.165) is 17.0 Å². The van der Waals surface area contributed by atoms with Crippen LogP contribution in [0.1, 0.15) is 17.9 Å². The van der Waals surface area contributed by atoms with E-state index in [0.29, 0.717) is 12.2 Å². The van der Waals surface area contributed by atoms with Crippen molar-refractivity contribution in [1.29, 1.82) is 0 Å². The average Bonchev–Trinajstić information content (AvgIpc) is 2.45. The van der Waals surface area contributed by atoms with Crippen LogP contribution in [-0.4, -0.2) is 28.0 Å². The third kappa shape index (κ3) is 3.58. The number of methoxy groups -OCH3 is 1. The van der Waals surface area contributed by atoms with Crippen molar-refractivity contribution in [2.75, 3.05) is 7.11 Å². The van der Waals surface area contributed by atoms with Crippen LogP contribution in [-0.2, 0) is 16.0 Å². The van der Waals surface area contributed by atoms with Gasteiger partial charge in [0, 0.05) is 30.1 Å². The number of hydrogen-bond acceptors (Lipinski definition) is 5. The summed E-state index contributed by atoms with van der Waals surface area (Å²) in [5.74, 6) is 0.386. The molecule has 0 fully saturated rings. The van der Waals surface area contributed by atoms with Crippen LogP contribution in [0.4, 0.5) is 0 Å². The average molecular weight is 257 g/mol. The lowest BCUT2D eigenvalue weighted by Crippen LogP contribution is -2.05. The molecule has 0 unspecified atom stereocenters. The summed E-state index contributed by atoms with van der Waals surface area (Å²) in [5.41, 5.74) is 2.63. The van der Waals surface area contributed by atoms with Crippen molar-refractivity contribution in [2.24, 2.45) is 0 Å². The van der Waals surface area contributed by atoms with Gasteiger partial charge in [-0.25, -0.2) is 9.97 Å². The summed E-state index contributed by atoms with van der Waals surface area (Å²) in [6.45, 7) is 1.91. The number of carbonyl (C=O) groups excluding carboxylic acids is 1. The zero-order valence-electron chi connectivity index (χ0n) is 11.0. The molecule has 98 valence electrons. The maximum atomic E-state index is 11.1. The largest absolute Gasteiger partial charge is 0.469 e. The lowest BCUT2D eigenvalue weighted by molar-refractivity contribution is -0.140. The standard InChI is InChI=1S/C14H15N3O2/c1-10-8-12(11-4-3-7-15-9-11)17-13(16-10)5-6-14(18)19-2/h3-4,7-9H,5-6H2,1-2H3. The number of hydrogen-bond donors (Lipinski definition) is 0. The summed E-state index contributed by atoms with van der Waals surface area (Å²) in [4.78, 5) is 24.0. The molecule has 19 heavy (non-hydrogen) atoms. The minimum Gasteiger partial charge on any atom is -0.469 e. The molecule has 0 spiro atoms. The zero-order chi connectivity index (χ0) is 13.7. The van der Waals surface area contributed by atoms with Gasteiger partial charge in [0.2, 0.25) is 0 Å². The summed E-state index contributed by atoms with van der Waals surface area (Å²) in [6, 6.07) is 5.71. The van der Waals surface area contributed by atoms with Gasteiger partial charge >= 0.3 is 5.97 Å². The van der Waals surface area contributed by atoms with Crippen molar-refractivity contribution in [2.45, 2.75) is 19.8 Å². The second-order valence-corrected chi connectivity index (χ2v) is 4.13. The molecule has 5 heteroatoms. The maximum Gasteiger partial charge on any atom is 0.305 e. The molecule has 0 N–H and O–H groups in total. The fraction of sp³-hybridized carbons (Fsp3) is 0.286. The molecule has 0 atom stereocenters. The van der Waals surface area contributed by atoms with Gasteiger partial charge in [-0.3, -0.25) is 9.78 Å². The second kappa shape index (κ2) is 6.04. The summed E-state index contributed by atoms with van der Waals surface area (Å²) >= 11 is 0. The fourth-order valence-corrected chi connectivity index (χ4v) is 1.72. The van der Waals surface area contributed by atoms with Gasteiger partial charge in [0.25, 0.3) is 0 Å². The lowest BCUT2D eigenvalue weighted by Gasteiger charge is -2.05. The van der Waals surface area contributed by atoms with Crippen LogP contribution < -0.4 is 0 Å². The Morgan fingerprint density at radius 3 is 2.89 bits per heavy atom. The molecule has 0 aromatic carbocycles. The van der Waals surface area contributed by atoms with Gasteiger partial charge in [0.15, 0.2) is 0 Å². The van der Waals surface area contributed by atoms with Crippen LogP contribution in [0.2, 0.25) is 0 Å². The highest BCUT2D eigenvalue weighted by Gasteiger charge is 2.07. The summed E-state index contributed by atoms with van der Waals surface area (Å²) in [5, 5.41) is 0. The molecule has 0 bridgehead atoms. The first kappa shape index (κ1) is 13.1. The van der Waals surface area contributed by atoms with Gasteiger partial charge in [0.05, 0.1) is 19.2 Å². The van der Waals surface area contributed by atoms with E-state index in [9.17, 15) is 4.79 Å². The normalized spacial score (nSPS) is 10.2. The zero-order valence-corrected chi connectivity index (χ0v) is 11.0. The van der Waals surface area contributed by atoms with Crippen molar-refractivity contribution < 1.29 is 9.53 Å². The van der Waals surface area contributed by atoms with Crippen LogP contribution >= 0.6 is 0 Å². The van der Waals surface area contributed by atoms with Crippen LogP contribution in [0, 0.1) is 6.92 Å². The van der Waals surface area contributed by atoms with Crippen molar-refractivity contribution in [3.8, 4) is 11.3 Å². The van der Waals surface area contributed by atoms with Crippen LogP contribution in [0.15, 0.2) is 30.6 Å². The third-order valence-electron chi connectivity index (χ3n) is 2.64. The number of aromatic nitrogens is 3. The number of nitrogens with zero attached hydrogens (tertiary/aromatic N) is 3. The van der Waals surface area contributed by atoms with E-state index in [1.54, 1.807) is 12.4 Å². The second-order valence-electron chi connectivity index (χ2n) is 4.13. The molecular weight excluding hydrogens is 242 g/mol. The molecule has 5 nitrogen and oxygen atoms in total. The Balaban J connectivity index is 2.22. The van der Waals surface area contributed by atoms with E-state index >= 15 is 0 Å². The minimum atomic E-state index is -0.256. The van der Waals surface area contributed by atoms with Gasteiger partial charge in [-0.15, -0.1) is 0 Å². The molecule has 0 radical (unpaired) electrons. The van der Waals surface area contributed by atoms with Gasteiger partial charge in [0.1, 0.15) is 5.82 Å². The highest BCUT2D eigenvalue weighted by molar-refractivity contribution is 5.69. The van der Waals surface area contributed by atoms with Crippen molar-refractivity contribution in [3.63, 3.8) is 0 Å². The highest BCUT2D eigenvalue weighted by Crippen LogP contribution is 2.16. The number of pyridine rings is 1. The van der Waals surface area contributed by atoms with Crippen LogP contribution in [0.25, 0.3) is 11.3 Å². The number of esters is 1. The minimum absolute atomic E-state index is 0.256. The first-order chi connectivity index (χ1) is 9.19. The fourth-order valence-electron chi connectivity index (χ4n) is 1.72. The third-order valence-corrected chi connectivity index (χ3v) is 2.64. The predicted octanol–water partition coefficient (Wildman–Crippen LogP) is 1.95. The SMILES string of the molecule is COC(=O)CCc1nc(C)cc(-c2cccnc2)n1. The number of ether oxygens (including phenoxy) is 1. The van der Waals surface area contributed by atoms with Crippen molar-refractivity contribution in [1.82, 2.24) is 15.0 Å². The quantitative estimate of drug-likeness (QED) is 0.783. The van der Waals surface area contributed by atoms with Gasteiger partial charge in [-0.1, -0.05) is 0 Å². The van der Waals surface area contributed by atoms with Crippen molar-refractivity contribution >= 4 is 5.97 Å². The van der Waals surface area contributed by atoms with E-state index in [2.05, 4.69) is 19.7 Å². The van der Waals surface area contributed by atoms with Crippen LogP contribution in [0.3, 0.4) is 0 Å².